The summed E-state index contributed by atoms with van der Waals surface area (Å²) in [7, 11) is 0. The number of halogens is 1. The van der Waals surface area contributed by atoms with Crippen molar-refractivity contribution in [3.05, 3.63) is 73.1 Å². The van der Waals surface area contributed by atoms with Crippen molar-refractivity contribution >= 4 is 34.3 Å². The predicted octanol–water partition coefficient (Wildman–Crippen LogP) is 6.97. The molecule has 4 N–H and O–H groups in total. The number of nitrogens with zero attached hydrogens (tertiary/aromatic N) is 4. The molecule has 11 heteroatoms. The fourth-order valence-electron chi connectivity index (χ4n) is 4.02. The zero-order chi connectivity index (χ0) is 28.4. The third kappa shape index (κ3) is 6.04. The van der Waals surface area contributed by atoms with Crippen molar-refractivity contribution in [1.29, 1.82) is 0 Å². The Morgan fingerprint density at radius 3 is 2.52 bits per heavy atom. The van der Waals surface area contributed by atoms with Gasteiger partial charge in [0.05, 0.1) is 34.3 Å². The summed E-state index contributed by atoms with van der Waals surface area (Å²) in [5.41, 5.74) is 3.18. The smallest absolute Gasteiger partial charge is 0.323 e. The number of rotatable bonds is 7. The first kappa shape index (κ1) is 26.7. The lowest BCUT2D eigenvalue weighted by molar-refractivity contribution is 0.262. The van der Waals surface area contributed by atoms with E-state index in [-0.39, 0.29) is 23.0 Å². The van der Waals surface area contributed by atoms with Crippen LogP contribution in [0.25, 0.3) is 22.3 Å². The van der Waals surface area contributed by atoms with Crippen molar-refractivity contribution in [2.75, 3.05) is 16.0 Å². The van der Waals surface area contributed by atoms with Gasteiger partial charge in [-0.05, 0) is 65.0 Å². The van der Waals surface area contributed by atoms with E-state index in [0.717, 1.165) is 16.6 Å². The molecule has 0 spiro atoms. The zero-order valence-corrected chi connectivity index (χ0v) is 22.9. The Kier molecular flexibility index (Phi) is 7.12. The number of pyridine rings is 1. The first-order valence-corrected chi connectivity index (χ1v) is 12.9. The van der Waals surface area contributed by atoms with Gasteiger partial charge in [0.2, 0.25) is 0 Å². The van der Waals surface area contributed by atoms with Crippen molar-refractivity contribution in [2.45, 2.75) is 46.2 Å². The molecular weight excluding hydrogens is 511 g/mol. The minimum atomic E-state index is -0.642. The summed E-state index contributed by atoms with van der Waals surface area (Å²) >= 11 is 0. The van der Waals surface area contributed by atoms with Crippen molar-refractivity contribution in [3.8, 4) is 22.8 Å². The van der Waals surface area contributed by atoms with E-state index in [4.69, 9.17) is 9.84 Å². The molecule has 0 aliphatic rings. The number of ether oxygens (including phenoxy) is 1. The number of carbonyl (C=O) groups is 1. The second-order valence-electron chi connectivity index (χ2n) is 10.6. The second-order valence-corrected chi connectivity index (χ2v) is 10.6. The van der Waals surface area contributed by atoms with Gasteiger partial charge in [0.25, 0.3) is 0 Å². The number of benzene rings is 2. The standard InChI is InChI=1S/C29H31FN8O2/c1-17(2)34-26-14-20(10-11-31-26)40-19-7-9-22(21(30)13-19)35-28(39)36-25-15-38(29(3,4)5)37-27(25)18-6-8-23-24(12-18)33-16-32-23/h6-17H,1-5H3,(H,31,34)(H,32,33)(H2,35,36,39). The van der Waals surface area contributed by atoms with E-state index in [1.165, 1.54) is 12.1 Å². The molecule has 0 saturated heterocycles. The molecule has 5 rings (SSSR count). The molecule has 0 aliphatic carbocycles. The number of aromatic nitrogens is 5. The van der Waals surface area contributed by atoms with Gasteiger partial charge < -0.3 is 25.7 Å². The third-order valence-corrected chi connectivity index (χ3v) is 5.94. The summed E-state index contributed by atoms with van der Waals surface area (Å²) in [5.74, 6) is 0.804. The molecule has 2 aromatic carbocycles. The summed E-state index contributed by atoms with van der Waals surface area (Å²) < 4.78 is 22.5. The topological polar surface area (TPSA) is 122 Å². The number of hydrogen-bond acceptors (Lipinski definition) is 6. The van der Waals surface area contributed by atoms with Crippen molar-refractivity contribution < 1.29 is 13.9 Å². The Bertz CT molecular complexity index is 1670. The van der Waals surface area contributed by atoms with Crippen LogP contribution in [0.1, 0.15) is 34.6 Å². The highest BCUT2D eigenvalue weighted by Crippen LogP contribution is 2.31. The van der Waals surface area contributed by atoms with Gasteiger partial charge in [-0.25, -0.2) is 19.2 Å². The SMILES string of the molecule is CC(C)Nc1cc(Oc2ccc(NC(=O)Nc3cn(C(C)(C)C)nc3-c3ccc4[nH]cnc4c3)c(F)c2)ccn1. The second kappa shape index (κ2) is 10.7. The molecule has 0 radical (unpaired) electrons. The third-order valence-electron chi connectivity index (χ3n) is 5.94. The van der Waals surface area contributed by atoms with Crippen LogP contribution in [0.3, 0.4) is 0 Å². The summed E-state index contributed by atoms with van der Waals surface area (Å²) in [6.45, 7) is 10.0. The lowest BCUT2D eigenvalue weighted by Crippen LogP contribution is -2.22. The maximum absolute atomic E-state index is 15.0. The minimum Gasteiger partial charge on any atom is -0.457 e. The molecule has 0 unspecified atom stereocenters. The molecule has 0 atom stereocenters. The highest BCUT2D eigenvalue weighted by molar-refractivity contribution is 6.02. The number of amides is 2. The Hall–Kier alpha value is -4.93. The molecule has 10 nitrogen and oxygen atoms in total. The number of aromatic amines is 1. The number of nitrogens with one attached hydrogen (secondary N) is 4. The molecule has 0 fully saturated rings. The van der Waals surface area contributed by atoms with E-state index < -0.39 is 11.8 Å². The number of anilines is 3. The molecule has 0 aliphatic heterocycles. The van der Waals surface area contributed by atoms with Crippen LogP contribution < -0.4 is 20.7 Å². The summed E-state index contributed by atoms with van der Waals surface area (Å²) in [6, 6.07) is 13.0. The molecule has 206 valence electrons. The molecule has 3 aromatic heterocycles. The number of imidazole rings is 1. The van der Waals surface area contributed by atoms with Crippen LogP contribution in [0.5, 0.6) is 11.5 Å². The number of H-pyrrole nitrogens is 1. The summed E-state index contributed by atoms with van der Waals surface area (Å²) in [4.78, 5) is 24.6. The van der Waals surface area contributed by atoms with Crippen LogP contribution in [-0.2, 0) is 5.54 Å². The molecule has 0 saturated carbocycles. The maximum atomic E-state index is 15.0. The van der Waals surface area contributed by atoms with E-state index in [0.29, 0.717) is 22.9 Å². The summed E-state index contributed by atoms with van der Waals surface area (Å²) in [5, 5.41) is 13.3. The van der Waals surface area contributed by atoms with Crippen LogP contribution in [-0.4, -0.2) is 36.8 Å². The van der Waals surface area contributed by atoms with Gasteiger partial charge in [0.15, 0.2) is 0 Å². The van der Waals surface area contributed by atoms with Crippen molar-refractivity contribution in [1.82, 2.24) is 24.7 Å². The highest BCUT2D eigenvalue weighted by atomic mass is 19.1. The fraction of sp³-hybridized carbons (Fsp3) is 0.241. The Morgan fingerprint density at radius 1 is 1.00 bits per heavy atom. The summed E-state index contributed by atoms with van der Waals surface area (Å²) in [6.07, 6.45) is 4.99. The monoisotopic (exact) mass is 542 g/mol. The number of carbonyl (C=O) groups excluding carboxylic acids is 1. The van der Waals surface area contributed by atoms with Crippen LogP contribution in [0, 0.1) is 5.82 Å². The largest absolute Gasteiger partial charge is 0.457 e. The molecule has 5 aromatic rings. The van der Waals surface area contributed by atoms with Gasteiger partial charge in [-0.15, -0.1) is 0 Å². The lowest BCUT2D eigenvalue weighted by atomic mass is 10.1. The Labute approximate surface area is 231 Å². The van der Waals surface area contributed by atoms with E-state index in [1.54, 1.807) is 41.6 Å². The van der Waals surface area contributed by atoms with Crippen LogP contribution in [0.2, 0.25) is 0 Å². The zero-order valence-electron chi connectivity index (χ0n) is 22.9. The highest BCUT2D eigenvalue weighted by Gasteiger charge is 2.21. The average Bonchev–Trinajstić information content (AvgIpc) is 3.52. The molecule has 0 bridgehead atoms. The van der Waals surface area contributed by atoms with Crippen molar-refractivity contribution in [2.24, 2.45) is 0 Å². The van der Waals surface area contributed by atoms with Gasteiger partial charge in [0, 0.05) is 36.1 Å². The maximum Gasteiger partial charge on any atom is 0.323 e. The number of hydrogen-bond donors (Lipinski definition) is 4. The molecule has 2 amide bonds. The molecule has 40 heavy (non-hydrogen) atoms. The normalized spacial score (nSPS) is 11.6. The van der Waals surface area contributed by atoms with Gasteiger partial charge in [-0.1, -0.05) is 6.07 Å². The van der Waals surface area contributed by atoms with Gasteiger partial charge >= 0.3 is 6.03 Å². The van der Waals surface area contributed by atoms with E-state index >= 15 is 0 Å². The Balaban J connectivity index is 1.32. The minimum absolute atomic E-state index is 0.00412. The first-order valence-electron chi connectivity index (χ1n) is 12.9. The van der Waals surface area contributed by atoms with Crippen LogP contribution in [0.15, 0.2) is 67.3 Å². The number of urea groups is 1. The average molecular weight is 543 g/mol. The first-order chi connectivity index (χ1) is 19.0. The van der Waals surface area contributed by atoms with Gasteiger partial charge in [-0.3, -0.25) is 4.68 Å². The van der Waals surface area contributed by atoms with E-state index in [2.05, 4.69) is 30.9 Å². The molecule has 3 heterocycles. The Morgan fingerprint density at radius 2 is 1.77 bits per heavy atom. The van der Waals surface area contributed by atoms with Gasteiger partial charge in [-0.2, -0.15) is 5.10 Å². The van der Waals surface area contributed by atoms with Crippen molar-refractivity contribution in [3.63, 3.8) is 0 Å². The molecular formula is C29H31FN8O2. The van der Waals surface area contributed by atoms with E-state index in [9.17, 15) is 9.18 Å². The van der Waals surface area contributed by atoms with Gasteiger partial charge in [0.1, 0.15) is 28.8 Å². The number of fused-ring (bicyclic) bond motifs is 1. The van der Waals surface area contributed by atoms with Crippen LogP contribution >= 0.6 is 0 Å². The lowest BCUT2D eigenvalue weighted by Gasteiger charge is -2.18. The van der Waals surface area contributed by atoms with E-state index in [1.807, 2.05) is 52.8 Å². The predicted molar refractivity (Wildman–Crippen MR) is 154 cm³/mol. The quantitative estimate of drug-likeness (QED) is 0.176. The van der Waals surface area contributed by atoms with Crippen LogP contribution in [0.4, 0.5) is 26.4 Å². The fourth-order valence-corrected chi connectivity index (χ4v) is 4.02.